The maximum absolute atomic E-state index is 5.79. The van der Waals surface area contributed by atoms with Crippen LogP contribution in [0.4, 0.5) is 11.5 Å². The molecule has 2 N–H and O–H groups in total. The first-order valence-corrected chi connectivity index (χ1v) is 8.40. The molecule has 0 saturated heterocycles. The van der Waals surface area contributed by atoms with Gasteiger partial charge in [0.25, 0.3) is 0 Å². The highest BCUT2D eigenvalue weighted by Crippen LogP contribution is 2.21. The smallest absolute Gasteiger partial charge is 0.129 e. The van der Waals surface area contributed by atoms with Crippen LogP contribution in [0.1, 0.15) is 11.1 Å². The number of rotatable bonds is 7. The minimum Gasteiger partial charge on any atom is -0.497 e. The topological polar surface area (TPSA) is 60.6 Å². The summed E-state index contributed by atoms with van der Waals surface area (Å²) in [5.41, 5.74) is 8.80. The molecule has 3 aromatic rings. The number of nitrogens with zero attached hydrogens (tertiary/aromatic N) is 2. The Morgan fingerprint density at radius 3 is 1.65 bits per heavy atom. The molecule has 0 aliphatic carbocycles. The van der Waals surface area contributed by atoms with E-state index in [1.165, 1.54) is 11.1 Å². The third-order valence-electron chi connectivity index (χ3n) is 4.16. The van der Waals surface area contributed by atoms with Crippen LogP contribution < -0.4 is 20.1 Å². The molecule has 2 aromatic carbocycles. The molecular weight excluding hydrogens is 326 g/mol. The van der Waals surface area contributed by atoms with Gasteiger partial charge in [-0.1, -0.05) is 24.3 Å². The number of anilines is 2. The van der Waals surface area contributed by atoms with E-state index in [0.29, 0.717) is 5.69 Å². The molecule has 3 rings (SSSR count). The van der Waals surface area contributed by atoms with Gasteiger partial charge in [0, 0.05) is 13.1 Å². The van der Waals surface area contributed by atoms with Gasteiger partial charge in [0.15, 0.2) is 0 Å². The molecule has 1 heterocycles. The third kappa shape index (κ3) is 4.45. The van der Waals surface area contributed by atoms with Crippen molar-refractivity contribution in [2.75, 3.05) is 24.9 Å². The van der Waals surface area contributed by atoms with Gasteiger partial charge in [-0.2, -0.15) is 0 Å². The Morgan fingerprint density at radius 2 is 1.27 bits per heavy atom. The predicted octanol–water partition coefficient (Wildman–Crippen LogP) is 3.89. The van der Waals surface area contributed by atoms with Crippen molar-refractivity contribution in [2.24, 2.45) is 0 Å². The van der Waals surface area contributed by atoms with Crippen molar-refractivity contribution in [2.45, 2.75) is 13.1 Å². The summed E-state index contributed by atoms with van der Waals surface area (Å²) in [6, 6.07) is 20.0. The lowest BCUT2D eigenvalue weighted by molar-refractivity contribution is 0.414. The van der Waals surface area contributed by atoms with Gasteiger partial charge in [-0.05, 0) is 47.5 Å². The molecule has 0 fully saturated rings. The Hall–Kier alpha value is -3.21. The van der Waals surface area contributed by atoms with Crippen LogP contribution >= 0.6 is 0 Å². The highest BCUT2D eigenvalue weighted by Gasteiger charge is 2.10. The van der Waals surface area contributed by atoms with Gasteiger partial charge in [-0.3, -0.25) is 0 Å². The lowest BCUT2D eigenvalue weighted by Crippen LogP contribution is -2.23. The van der Waals surface area contributed by atoms with E-state index in [9.17, 15) is 0 Å². The van der Waals surface area contributed by atoms with Crippen molar-refractivity contribution < 1.29 is 9.47 Å². The summed E-state index contributed by atoms with van der Waals surface area (Å²) in [7, 11) is 3.34. The van der Waals surface area contributed by atoms with Gasteiger partial charge in [0.1, 0.15) is 17.3 Å². The van der Waals surface area contributed by atoms with Crippen LogP contribution in [0.25, 0.3) is 0 Å². The minimum atomic E-state index is 0.655. The van der Waals surface area contributed by atoms with Gasteiger partial charge in [0.2, 0.25) is 0 Å². The normalized spacial score (nSPS) is 10.4. The maximum Gasteiger partial charge on any atom is 0.129 e. The zero-order valence-corrected chi connectivity index (χ0v) is 15.1. The molecule has 5 nitrogen and oxygen atoms in total. The fourth-order valence-corrected chi connectivity index (χ4v) is 2.71. The third-order valence-corrected chi connectivity index (χ3v) is 4.16. The standard InChI is InChI=1S/C21H23N3O2/c1-25-19-8-3-16(4-9-19)14-24(21-12-7-18(22)13-23-21)15-17-5-10-20(26-2)11-6-17/h3-13H,14-15,22H2,1-2H3. The van der Waals surface area contributed by atoms with Crippen molar-refractivity contribution in [3.63, 3.8) is 0 Å². The van der Waals surface area contributed by atoms with E-state index in [1.54, 1.807) is 20.4 Å². The minimum absolute atomic E-state index is 0.655. The Kier molecular flexibility index (Phi) is 5.59. The molecule has 0 amide bonds. The molecular formula is C21H23N3O2. The Balaban J connectivity index is 1.83. The van der Waals surface area contributed by atoms with Crippen molar-refractivity contribution in [3.8, 4) is 11.5 Å². The van der Waals surface area contributed by atoms with E-state index in [2.05, 4.69) is 34.1 Å². The van der Waals surface area contributed by atoms with Gasteiger partial charge in [-0.25, -0.2) is 4.98 Å². The Labute approximate surface area is 154 Å². The molecule has 0 bridgehead atoms. The highest BCUT2D eigenvalue weighted by molar-refractivity contribution is 5.47. The number of hydrogen-bond acceptors (Lipinski definition) is 5. The van der Waals surface area contributed by atoms with E-state index in [4.69, 9.17) is 15.2 Å². The monoisotopic (exact) mass is 349 g/mol. The van der Waals surface area contributed by atoms with E-state index in [1.807, 2.05) is 36.4 Å². The highest BCUT2D eigenvalue weighted by atomic mass is 16.5. The Morgan fingerprint density at radius 1 is 0.769 bits per heavy atom. The molecule has 0 aliphatic heterocycles. The first kappa shape index (κ1) is 17.6. The summed E-state index contributed by atoms with van der Waals surface area (Å²) in [6.07, 6.45) is 1.68. The molecule has 1 aromatic heterocycles. The predicted molar refractivity (Wildman–Crippen MR) is 105 cm³/mol. The van der Waals surface area contributed by atoms with Crippen molar-refractivity contribution in [1.29, 1.82) is 0 Å². The number of hydrogen-bond donors (Lipinski definition) is 1. The number of aromatic nitrogens is 1. The number of methoxy groups -OCH3 is 2. The van der Waals surface area contributed by atoms with Crippen LogP contribution in [0.15, 0.2) is 66.9 Å². The Bertz CT molecular complexity index is 766. The van der Waals surface area contributed by atoms with Crippen LogP contribution in [0.3, 0.4) is 0 Å². The molecule has 5 heteroatoms. The first-order valence-electron chi connectivity index (χ1n) is 8.40. The molecule has 0 atom stereocenters. The molecule has 26 heavy (non-hydrogen) atoms. The molecule has 0 spiro atoms. The molecule has 0 radical (unpaired) electrons. The van der Waals surface area contributed by atoms with Crippen molar-refractivity contribution in [3.05, 3.63) is 78.0 Å². The molecule has 0 saturated carbocycles. The van der Waals surface area contributed by atoms with Crippen LogP contribution in [0.2, 0.25) is 0 Å². The van der Waals surface area contributed by atoms with E-state index >= 15 is 0 Å². The average Bonchev–Trinajstić information content (AvgIpc) is 2.69. The fraction of sp³-hybridized carbons (Fsp3) is 0.190. The zero-order valence-electron chi connectivity index (χ0n) is 15.1. The lowest BCUT2D eigenvalue weighted by Gasteiger charge is -2.24. The second-order valence-corrected chi connectivity index (χ2v) is 6.00. The quantitative estimate of drug-likeness (QED) is 0.701. The molecule has 0 aliphatic rings. The summed E-state index contributed by atoms with van der Waals surface area (Å²) in [5, 5.41) is 0. The summed E-state index contributed by atoms with van der Waals surface area (Å²) >= 11 is 0. The van der Waals surface area contributed by atoms with Crippen LogP contribution in [0.5, 0.6) is 11.5 Å². The van der Waals surface area contributed by atoms with E-state index in [0.717, 1.165) is 30.4 Å². The van der Waals surface area contributed by atoms with E-state index < -0.39 is 0 Å². The van der Waals surface area contributed by atoms with Crippen molar-refractivity contribution in [1.82, 2.24) is 4.98 Å². The second-order valence-electron chi connectivity index (χ2n) is 6.00. The largest absolute Gasteiger partial charge is 0.497 e. The van der Waals surface area contributed by atoms with Gasteiger partial charge < -0.3 is 20.1 Å². The summed E-state index contributed by atoms with van der Waals surface area (Å²) in [4.78, 5) is 6.70. The van der Waals surface area contributed by atoms with Gasteiger partial charge in [0.05, 0.1) is 26.1 Å². The summed E-state index contributed by atoms with van der Waals surface area (Å²) in [5.74, 6) is 2.58. The SMILES string of the molecule is COc1ccc(CN(Cc2ccc(OC)cc2)c2ccc(N)cn2)cc1. The number of nitrogens with two attached hydrogens (primary N) is 1. The van der Waals surface area contributed by atoms with Gasteiger partial charge >= 0.3 is 0 Å². The maximum atomic E-state index is 5.79. The zero-order chi connectivity index (χ0) is 18.4. The molecule has 134 valence electrons. The van der Waals surface area contributed by atoms with Crippen LogP contribution in [0, 0.1) is 0 Å². The number of ether oxygens (including phenoxy) is 2. The van der Waals surface area contributed by atoms with E-state index in [-0.39, 0.29) is 0 Å². The fourth-order valence-electron chi connectivity index (χ4n) is 2.71. The average molecular weight is 349 g/mol. The van der Waals surface area contributed by atoms with Crippen molar-refractivity contribution >= 4 is 11.5 Å². The first-order chi connectivity index (χ1) is 12.7. The summed E-state index contributed by atoms with van der Waals surface area (Å²) in [6.45, 7) is 1.46. The van der Waals surface area contributed by atoms with Crippen LogP contribution in [-0.2, 0) is 13.1 Å². The van der Waals surface area contributed by atoms with Crippen LogP contribution in [-0.4, -0.2) is 19.2 Å². The second kappa shape index (κ2) is 8.25. The number of nitrogen functional groups attached to an aromatic ring is 1. The molecule has 0 unspecified atom stereocenters. The van der Waals surface area contributed by atoms with Gasteiger partial charge in [-0.15, -0.1) is 0 Å². The lowest BCUT2D eigenvalue weighted by atomic mass is 10.1. The number of pyridine rings is 1. The number of benzene rings is 2. The summed E-state index contributed by atoms with van der Waals surface area (Å²) < 4.78 is 10.5.